The van der Waals surface area contributed by atoms with E-state index in [4.69, 9.17) is 23.9 Å². The molecule has 258 valence electrons. The molecule has 0 fully saturated rings. The average Bonchev–Trinajstić information content (AvgIpc) is 3.52. The van der Waals surface area contributed by atoms with Gasteiger partial charge in [-0.15, -0.1) is 0 Å². The van der Waals surface area contributed by atoms with E-state index in [2.05, 4.69) is 55.7 Å². The second-order valence-corrected chi connectivity index (χ2v) is 13.8. The molecule has 2 aromatic heterocycles. The van der Waals surface area contributed by atoms with Crippen LogP contribution in [0.15, 0.2) is 69.6 Å². The van der Waals surface area contributed by atoms with Gasteiger partial charge in [-0.2, -0.15) is 0 Å². The minimum atomic E-state index is -0.847. The van der Waals surface area contributed by atoms with Crippen LogP contribution >= 0.6 is 11.3 Å². The highest BCUT2D eigenvalue weighted by molar-refractivity contribution is 7.07. The maximum absolute atomic E-state index is 14.3. The van der Waals surface area contributed by atoms with Crippen LogP contribution in [0.1, 0.15) is 75.7 Å². The topological polar surface area (TPSA) is 110 Å². The smallest absolute Gasteiger partial charge is 0.343 e. The summed E-state index contributed by atoms with van der Waals surface area (Å²) in [5.74, 6) is -0.425. The molecule has 0 saturated heterocycles. The number of benzene rings is 2. The van der Waals surface area contributed by atoms with Gasteiger partial charge in [-0.05, 0) is 93.1 Å². The van der Waals surface area contributed by atoms with Crippen LogP contribution in [0.4, 0.5) is 0 Å². The van der Waals surface area contributed by atoms with Gasteiger partial charge in [-0.25, -0.2) is 14.6 Å². The first-order valence-electron chi connectivity index (χ1n) is 16.2. The van der Waals surface area contributed by atoms with Crippen LogP contribution < -0.4 is 24.4 Å². The van der Waals surface area contributed by atoms with Crippen LogP contribution in [0.3, 0.4) is 0 Å². The number of rotatable bonds is 10. The molecule has 1 aliphatic heterocycles. The summed E-state index contributed by atoms with van der Waals surface area (Å²) in [4.78, 5) is 44.7. The van der Waals surface area contributed by atoms with Crippen molar-refractivity contribution in [1.82, 2.24) is 9.13 Å². The van der Waals surface area contributed by atoms with Gasteiger partial charge in [0, 0.05) is 17.1 Å². The fourth-order valence-electron chi connectivity index (χ4n) is 5.97. The predicted octanol–water partition coefficient (Wildman–Crippen LogP) is 5.45. The normalized spacial score (nSPS) is 14.7. The highest BCUT2D eigenvalue weighted by Gasteiger charge is 2.34. The van der Waals surface area contributed by atoms with Crippen molar-refractivity contribution in [1.29, 1.82) is 0 Å². The van der Waals surface area contributed by atoms with Gasteiger partial charge >= 0.3 is 11.9 Å². The molecule has 3 heterocycles. The Morgan fingerprint density at radius 1 is 0.959 bits per heavy atom. The molecule has 0 N–H and O–H groups in total. The summed E-state index contributed by atoms with van der Waals surface area (Å²) in [5, 5.41) is 0. The third-order valence-electron chi connectivity index (χ3n) is 8.42. The summed E-state index contributed by atoms with van der Waals surface area (Å²) < 4.78 is 25.9. The molecule has 5 rings (SSSR count). The van der Waals surface area contributed by atoms with Gasteiger partial charge in [0.15, 0.2) is 22.9 Å². The van der Waals surface area contributed by atoms with Crippen molar-refractivity contribution in [3.05, 3.63) is 108 Å². The lowest BCUT2D eigenvalue weighted by atomic mass is 9.87. The van der Waals surface area contributed by atoms with Crippen LogP contribution in [0.5, 0.6) is 11.5 Å². The Labute approximate surface area is 289 Å². The van der Waals surface area contributed by atoms with E-state index >= 15 is 0 Å². The fraction of sp³-hybridized carbons (Fsp3) is 0.368. The average molecular weight is 686 g/mol. The molecule has 1 aliphatic rings. The Morgan fingerprint density at radius 3 is 2.31 bits per heavy atom. The van der Waals surface area contributed by atoms with Gasteiger partial charge in [0.25, 0.3) is 5.56 Å². The highest BCUT2D eigenvalue weighted by atomic mass is 32.1. The molecule has 4 aromatic rings. The maximum Gasteiger partial charge on any atom is 0.343 e. The van der Waals surface area contributed by atoms with Crippen LogP contribution in [0.2, 0.25) is 0 Å². The van der Waals surface area contributed by atoms with Crippen molar-refractivity contribution in [2.24, 2.45) is 4.99 Å². The van der Waals surface area contributed by atoms with Crippen molar-refractivity contribution in [3.63, 3.8) is 0 Å². The largest absolute Gasteiger partial charge is 0.490 e. The lowest BCUT2D eigenvalue weighted by Gasteiger charge is -2.25. The van der Waals surface area contributed by atoms with Crippen molar-refractivity contribution in [2.75, 3.05) is 26.9 Å². The lowest BCUT2D eigenvalue weighted by molar-refractivity contribution is -0.143. The zero-order valence-electron chi connectivity index (χ0n) is 29.5. The molecular formula is C38H43N3O7S. The number of esters is 2. The lowest BCUT2D eigenvalue weighted by Crippen LogP contribution is -2.40. The summed E-state index contributed by atoms with van der Waals surface area (Å²) >= 11 is 1.27. The van der Waals surface area contributed by atoms with Crippen molar-refractivity contribution >= 4 is 29.4 Å². The Hall–Kier alpha value is -4.90. The van der Waals surface area contributed by atoms with Crippen molar-refractivity contribution in [2.45, 2.75) is 66.8 Å². The van der Waals surface area contributed by atoms with E-state index in [0.717, 1.165) is 22.6 Å². The molecule has 11 heteroatoms. The third-order valence-corrected chi connectivity index (χ3v) is 9.40. The Bertz CT molecular complexity index is 2110. The second-order valence-electron chi connectivity index (χ2n) is 12.8. The van der Waals surface area contributed by atoms with Gasteiger partial charge in [0.05, 0.1) is 42.2 Å². The first-order chi connectivity index (χ1) is 23.3. The molecule has 0 bridgehead atoms. The van der Waals surface area contributed by atoms with Gasteiger partial charge in [-0.1, -0.05) is 50.3 Å². The van der Waals surface area contributed by atoms with Crippen LogP contribution in [0, 0.1) is 13.8 Å². The van der Waals surface area contributed by atoms with E-state index < -0.39 is 18.0 Å². The van der Waals surface area contributed by atoms with E-state index in [1.807, 2.05) is 26.8 Å². The number of nitrogens with zero attached hydrogens (tertiary/aromatic N) is 3. The van der Waals surface area contributed by atoms with Gasteiger partial charge < -0.3 is 23.5 Å². The van der Waals surface area contributed by atoms with Crippen LogP contribution in [-0.4, -0.2) is 48.0 Å². The number of methoxy groups -OCH3 is 1. The van der Waals surface area contributed by atoms with Gasteiger partial charge in [0.2, 0.25) is 0 Å². The van der Waals surface area contributed by atoms with Gasteiger partial charge in [0.1, 0.15) is 0 Å². The summed E-state index contributed by atoms with van der Waals surface area (Å²) in [6.07, 6.45) is 1.89. The zero-order chi connectivity index (χ0) is 35.6. The summed E-state index contributed by atoms with van der Waals surface area (Å²) in [6, 6.07) is 14.9. The molecular weight excluding hydrogens is 642 g/mol. The van der Waals surface area contributed by atoms with Crippen molar-refractivity contribution < 1.29 is 28.5 Å². The predicted molar refractivity (Wildman–Crippen MR) is 189 cm³/mol. The van der Waals surface area contributed by atoms with E-state index in [-0.39, 0.29) is 29.8 Å². The summed E-state index contributed by atoms with van der Waals surface area (Å²) in [6.45, 7) is 16.1. The van der Waals surface area contributed by atoms with Crippen molar-refractivity contribution in [3.8, 4) is 17.2 Å². The SMILES string of the molecule is CCOC(=O)C1=C(C)N=c2s/c(=C\c3cc(C)n(-c4ccc(C(C)(C)C)cc4)c3C)c(=O)n2[C@@H]1c1ccc(OCC(=O)OC)c(OCC)c1. The maximum atomic E-state index is 14.3. The summed E-state index contributed by atoms with van der Waals surface area (Å²) in [7, 11) is 1.28. The first-order valence-corrected chi connectivity index (χ1v) is 17.1. The number of hydrogen-bond donors (Lipinski definition) is 0. The van der Waals surface area contributed by atoms with E-state index in [9.17, 15) is 14.4 Å². The molecule has 10 nitrogen and oxygen atoms in total. The Balaban J connectivity index is 1.64. The van der Waals surface area contributed by atoms with Crippen LogP contribution in [-0.2, 0) is 24.5 Å². The Morgan fingerprint density at radius 2 is 1.67 bits per heavy atom. The highest BCUT2D eigenvalue weighted by Crippen LogP contribution is 2.36. The molecule has 0 saturated carbocycles. The molecule has 0 spiro atoms. The molecule has 0 unspecified atom stereocenters. The van der Waals surface area contributed by atoms with Crippen LogP contribution in [0.25, 0.3) is 11.8 Å². The third kappa shape index (κ3) is 7.12. The van der Waals surface area contributed by atoms with Gasteiger partial charge in [-0.3, -0.25) is 9.36 Å². The number of aromatic nitrogens is 2. The number of allylic oxidation sites excluding steroid dienone is 1. The van der Waals surface area contributed by atoms with E-state index in [1.165, 1.54) is 24.0 Å². The minimum absolute atomic E-state index is 0.0485. The molecule has 0 aliphatic carbocycles. The first kappa shape index (κ1) is 35.4. The molecule has 2 aromatic carbocycles. The minimum Gasteiger partial charge on any atom is -0.490 e. The number of ether oxygens (including phenoxy) is 4. The zero-order valence-corrected chi connectivity index (χ0v) is 30.3. The number of hydrogen-bond acceptors (Lipinski definition) is 9. The number of carbonyl (C=O) groups is 2. The molecule has 49 heavy (non-hydrogen) atoms. The number of aryl methyl sites for hydroxylation is 1. The monoisotopic (exact) mass is 685 g/mol. The number of thiazole rings is 1. The molecule has 0 radical (unpaired) electrons. The standard InChI is InChI=1S/C38H43N3O7S/c1-10-46-30-19-25(12-17-29(30)48-21-32(42)45-9)34-33(36(44)47-11-2)23(4)39-37-41(34)35(43)31(49-37)20-26-18-22(3)40(24(26)5)28-15-13-27(14-16-28)38(6,7)8/h12-20,34H,10-11,21H2,1-9H3/b31-20-/t34-/m1/s1. The van der Waals surface area contributed by atoms with E-state index in [1.54, 1.807) is 36.6 Å². The molecule has 0 amide bonds. The quantitative estimate of drug-likeness (QED) is 0.204. The van der Waals surface area contributed by atoms with E-state index in [0.29, 0.717) is 38.7 Å². The number of fused-ring (bicyclic) bond motifs is 1. The fourth-order valence-corrected chi connectivity index (χ4v) is 7.01. The number of carbonyl (C=O) groups excluding carboxylic acids is 2. The second kappa shape index (κ2) is 14.3. The molecule has 1 atom stereocenters. The summed E-state index contributed by atoms with van der Waals surface area (Å²) in [5.41, 5.74) is 6.31. The Kier molecular flexibility index (Phi) is 10.3.